The topological polar surface area (TPSA) is 66.8 Å². The predicted octanol–water partition coefficient (Wildman–Crippen LogP) is 2.54. The lowest BCUT2D eigenvalue weighted by molar-refractivity contribution is -0.144. The predicted molar refractivity (Wildman–Crippen MR) is 71.2 cm³/mol. The van der Waals surface area contributed by atoms with Gasteiger partial charge in [0.05, 0.1) is 19.1 Å². The standard InChI is InChI=1S/C15H20O4/c1-9-8-10(6-7-13(9)19-2)14(16)11-4-3-5-12(11)15(17)18/h6-8,11-12,14,16H,3-5H2,1-2H3,(H,17,18). The van der Waals surface area contributed by atoms with E-state index < -0.39 is 18.0 Å². The highest BCUT2D eigenvalue weighted by molar-refractivity contribution is 5.70. The molecule has 2 N–H and O–H groups in total. The minimum Gasteiger partial charge on any atom is -0.496 e. The van der Waals surface area contributed by atoms with Crippen molar-refractivity contribution in [1.82, 2.24) is 0 Å². The molecule has 1 aliphatic carbocycles. The molecule has 1 aromatic rings. The maximum absolute atomic E-state index is 11.2. The number of aliphatic carboxylic acids is 1. The third-order valence-corrected chi connectivity index (χ3v) is 4.05. The maximum Gasteiger partial charge on any atom is 0.306 e. The number of aliphatic hydroxyl groups excluding tert-OH is 1. The highest BCUT2D eigenvalue weighted by Crippen LogP contribution is 2.41. The molecule has 0 bridgehead atoms. The minimum atomic E-state index is -0.799. The first-order valence-electron chi connectivity index (χ1n) is 6.60. The lowest BCUT2D eigenvalue weighted by atomic mass is 9.86. The molecule has 0 aliphatic heterocycles. The zero-order valence-corrected chi connectivity index (χ0v) is 11.3. The summed E-state index contributed by atoms with van der Waals surface area (Å²) in [5.74, 6) is -0.647. The quantitative estimate of drug-likeness (QED) is 0.877. The summed E-state index contributed by atoms with van der Waals surface area (Å²) in [6.07, 6.45) is 1.58. The second kappa shape index (κ2) is 5.61. The first kappa shape index (κ1) is 13.9. The number of aryl methyl sites for hydroxylation is 1. The second-order valence-electron chi connectivity index (χ2n) is 5.21. The average molecular weight is 264 g/mol. The van der Waals surface area contributed by atoms with Crippen molar-refractivity contribution in [3.05, 3.63) is 29.3 Å². The first-order chi connectivity index (χ1) is 9.04. The van der Waals surface area contributed by atoms with Gasteiger partial charge >= 0.3 is 5.97 Å². The number of hydrogen-bond donors (Lipinski definition) is 2. The van der Waals surface area contributed by atoms with Gasteiger partial charge in [0.25, 0.3) is 0 Å². The van der Waals surface area contributed by atoms with Crippen LogP contribution in [0.4, 0.5) is 0 Å². The molecule has 3 atom stereocenters. The molecule has 1 fully saturated rings. The van der Waals surface area contributed by atoms with Crippen molar-refractivity contribution in [1.29, 1.82) is 0 Å². The molecule has 1 saturated carbocycles. The molecule has 19 heavy (non-hydrogen) atoms. The first-order valence-corrected chi connectivity index (χ1v) is 6.60. The van der Waals surface area contributed by atoms with Crippen molar-refractivity contribution in [2.24, 2.45) is 11.8 Å². The zero-order chi connectivity index (χ0) is 14.0. The number of carboxylic acid groups (broad SMARTS) is 1. The van der Waals surface area contributed by atoms with Crippen LogP contribution in [0.25, 0.3) is 0 Å². The van der Waals surface area contributed by atoms with Crippen LogP contribution in [0.2, 0.25) is 0 Å². The Morgan fingerprint density at radius 1 is 1.42 bits per heavy atom. The molecule has 0 radical (unpaired) electrons. The molecular weight excluding hydrogens is 244 g/mol. The molecule has 1 aromatic carbocycles. The second-order valence-corrected chi connectivity index (χ2v) is 5.21. The fourth-order valence-electron chi connectivity index (χ4n) is 3.01. The zero-order valence-electron chi connectivity index (χ0n) is 11.3. The number of hydrogen-bond acceptors (Lipinski definition) is 3. The van der Waals surface area contributed by atoms with Crippen LogP contribution in [-0.4, -0.2) is 23.3 Å². The van der Waals surface area contributed by atoms with E-state index in [1.54, 1.807) is 7.11 Å². The van der Waals surface area contributed by atoms with E-state index in [4.69, 9.17) is 4.74 Å². The van der Waals surface area contributed by atoms with Crippen molar-refractivity contribution in [3.8, 4) is 5.75 Å². The van der Waals surface area contributed by atoms with Crippen LogP contribution in [0, 0.1) is 18.8 Å². The number of benzene rings is 1. The van der Waals surface area contributed by atoms with Crippen LogP contribution in [-0.2, 0) is 4.79 Å². The Hall–Kier alpha value is -1.55. The van der Waals surface area contributed by atoms with E-state index in [0.717, 1.165) is 29.7 Å². The summed E-state index contributed by atoms with van der Waals surface area (Å²) in [5.41, 5.74) is 1.72. The lowest BCUT2D eigenvalue weighted by Gasteiger charge is -2.23. The summed E-state index contributed by atoms with van der Waals surface area (Å²) in [6.45, 7) is 1.92. The van der Waals surface area contributed by atoms with E-state index in [0.29, 0.717) is 6.42 Å². The third kappa shape index (κ3) is 2.73. The molecule has 1 aliphatic rings. The van der Waals surface area contributed by atoms with Crippen LogP contribution in [0.1, 0.15) is 36.5 Å². The van der Waals surface area contributed by atoms with Crippen LogP contribution in [0.3, 0.4) is 0 Å². The normalized spacial score (nSPS) is 24.2. The average Bonchev–Trinajstić information content (AvgIpc) is 2.87. The van der Waals surface area contributed by atoms with Gasteiger partial charge in [0.15, 0.2) is 0 Å². The van der Waals surface area contributed by atoms with Gasteiger partial charge in [-0.1, -0.05) is 12.5 Å². The summed E-state index contributed by atoms with van der Waals surface area (Å²) < 4.78 is 5.19. The van der Waals surface area contributed by atoms with Crippen molar-refractivity contribution in [3.63, 3.8) is 0 Å². The Morgan fingerprint density at radius 3 is 2.74 bits per heavy atom. The highest BCUT2D eigenvalue weighted by Gasteiger charge is 2.38. The largest absolute Gasteiger partial charge is 0.496 e. The molecule has 2 rings (SSSR count). The van der Waals surface area contributed by atoms with Gasteiger partial charge in [0, 0.05) is 5.92 Å². The fourth-order valence-corrected chi connectivity index (χ4v) is 3.01. The van der Waals surface area contributed by atoms with Gasteiger partial charge in [0.1, 0.15) is 5.75 Å². The van der Waals surface area contributed by atoms with Gasteiger partial charge in [-0.25, -0.2) is 0 Å². The fraction of sp³-hybridized carbons (Fsp3) is 0.533. The number of carboxylic acids is 1. The molecule has 104 valence electrons. The molecule has 0 aromatic heterocycles. The number of carbonyl (C=O) groups is 1. The Bertz CT molecular complexity index is 469. The summed E-state index contributed by atoms with van der Waals surface area (Å²) in [5, 5.41) is 19.6. The van der Waals surface area contributed by atoms with Gasteiger partial charge in [0.2, 0.25) is 0 Å². The summed E-state index contributed by atoms with van der Waals surface area (Å²) in [6, 6.07) is 5.51. The van der Waals surface area contributed by atoms with Gasteiger partial charge in [-0.3, -0.25) is 4.79 Å². The molecule has 4 heteroatoms. The Labute approximate surface area is 113 Å². The summed E-state index contributed by atoms with van der Waals surface area (Å²) >= 11 is 0. The third-order valence-electron chi connectivity index (χ3n) is 4.05. The van der Waals surface area contributed by atoms with Crippen LogP contribution in [0.15, 0.2) is 18.2 Å². The van der Waals surface area contributed by atoms with Gasteiger partial charge in [-0.05, 0) is 43.0 Å². The van der Waals surface area contributed by atoms with Crippen LogP contribution >= 0.6 is 0 Å². The smallest absolute Gasteiger partial charge is 0.306 e. The van der Waals surface area contributed by atoms with Gasteiger partial charge < -0.3 is 14.9 Å². The number of methoxy groups -OCH3 is 1. The molecule has 0 spiro atoms. The SMILES string of the molecule is COc1ccc(C(O)C2CCCC2C(=O)O)cc1C. The molecule has 4 nitrogen and oxygen atoms in total. The highest BCUT2D eigenvalue weighted by atomic mass is 16.5. The van der Waals surface area contributed by atoms with Crippen LogP contribution < -0.4 is 4.74 Å². The van der Waals surface area contributed by atoms with Gasteiger partial charge in [-0.15, -0.1) is 0 Å². The van der Waals surface area contributed by atoms with Crippen molar-refractivity contribution in [2.45, 2.75) is 32.3 Å². The molecule has 0 heterocycles. The van der Waals surface area contributed by atoms with E-state index in [-0.39, 0.29) is 5.92 Å². The van der Waals surface area contributed by atoms with Crippen LogP contribution in [0.5, 0.6) is 5.75 Å². The molecule has 0 amide bonds. The van der Waals surface area contributed by atoms with E-state index >= 15 is 0 Å². The Balaban J connectivity index is 2.21. The number of rotatable bonds is 4. The van der Waals surface area contributed by atoms with Crippen molar-refractivity contribution >= 4 is 5.97 Å². The maximum atomic E-state index is 11.2. The molecular formula is C15H20O4. The molecule has 0 saturated heterocycles. The van der Waals surface area contributed by atoms with E-state index in [1.165, 1.54) is 0 Å². The summed E-state index contributed by atoms with van der Waals surface area (Å²) in [7, 11) is 1.61. The van der Waals surface area contributed by atoms with E-state index in [1.807, 2.05) is 25.1 Å². The van der Waals surface area contributed by atoms with Crippen molar-refractivity contribution < 1.29 is 19.7 Å². The number of ether oxygens (including phenoxy) is 1. The van der Waals surface area contributed by atoms with Crippen molar-refractivity contribution in [2.75, 3.05) is 7.11 Å². The minimum absolute atomic E-state index is 0.190. The van der Waals surface area contributed by atoms with E-state index in [9.17, 15) is 15.0 Å². The lowest BCUT2D eigenvalue weighted by Crippen LogP contribution is -2.23. The Morgan fingerprint density at radius 2 is 2.16 bits per heavy atom. The molecule has 3 unspecified atom stereocenters. The Kier molecular flexibility index (Phi) is 4.10. The summed E-state index contributed by atoms with van der Waals surface area (Å²) in [4.78, 5) is 11.2. The van der Waals surface area contributed by atoms with Gasteiger partial charge in [-0.2, -0.15) is 0 Å². The number of aliphatic hydroxyl groups is 1. The monoisotopic (exact) mass is 264 g/mol. The van der Waals surface area contributed by atoms with E-state index in [2.05, 4.69) is 0 Å².